The molecule has 0 amide bonds. The molecule has 0 heterocycles. The molecule has 0 radical (unpaired) electrons. The van der Waals surface area contributed by atoms with Gasteiger partial charge in [-0.25, -0.2) is 0 Å². The molecule has 92 valence electrons. The molecule has 0 aromatic rings. The summed E-state index contributed by atoms with van der Waals surface area (Å²) in [6.07, 6.45) is 0.270. The molecule has 6 nitrogen and oxygen atoms in total. The Morgan fingerprint density at radius 2 is 1.87 bits per heavy atom. The molecule has 0 spiro atoms. The molecule has 0 rings (SSSR count). The lowest BCUT2D eigenvalue weighted by Crippen LogP contribution is -2.48. The van der Waals surface area contributed by atoms with E-state index in [0.717, 1.165) is 13.0 Å². The fraction of sp³-hybridized carbons (Fsp3) is 1.00. The Labute approximate surface area is 91.0 Å². The van der Waals surface area contributed by atoms with Crippen LogP contribution in [0.4, 0.5) is 0 Å². The van der Waals surface area contributed by atoms with Gasteiger partial charge in [0.15, 0.2) is 0 Å². The van der Waals surface area contributed by atoms with Gasteiger partial charge in [-0.2, -0.15) is 0 Å². The first kappa shape index (κ1) is 14.8. The van der Waals surface area contributed by atoms with Crippen molar-refractivity contribution in [1.29, 1.82) is 0 Å². The van der Waals surface area contributed by atoms with Crippen molar-refractivity contribution < 1.29 is 10.2 Å². The van der Waals surface area contributed by atoms with Gasteiger partial charge < -0.3 is 32.3 Å². The standard InChI is InChI=1S/C9H24N4O2/c10-2-1-4-12-6-9(15)8(7-14)13-5-3-11/h8-9,12-15H,1-7,10-11H2. The van der Waals surface area contributed by atoms with Gasteiger partial charge >= 0.3 is 0 Å². The zero-order valence-corrected chi connectivity index (χ0v) is 9.15. The SMILES string of the molecule is NCCCNCC(O)C(CO)NCCN. The van der Waals surface area contributed by atoms with E-state index < -0.39 is 6.10 Å². The van der Waals surface area contributed by atoms with Gasteiger partial charge in [-0.3, -0.25) is 0 Å². The third-order valence-corrected chi connectivity index (χ3v) is 2.12. The second kappa shape index (κ2) is 10.3. The summed E-state index contributed by atoms with van der Waals surface area (Å²) in [5, 5.41) is 24.7. The minimum absolute atomic E-state index is 0.0975. The molecule has 0 aliphatic heterocycles. The lowest BCUT2D eigenvalue weighted by atomic mass is 10.1. The van der Waals surface area contributed by atoms with Gasteiger partial charge in [0.25, 0.3) is 0 Å². The summed E-state index contributed by atoms with van der Waals surface area (Å²) in [6.45, 7) is 2.85. The van der Waals surface area contributed by atoms with Crippen molar-refractivity contribution in [2.75, 3.05) is 39.3 Å². The summed E-state index contributed by atoms with van der Waals surface area (Å²) in [5.74, 6) is 0. The summed E-state index contributed by atoms with van der Waals surface area (Å²) in [4.78, 5) is 0. The van der Waals surface area contributed by atoms with Crippen molar-refractivity contribution in [1.82, 2.24) is 10.6 Å². The fourth-order valence-electron chi connectivity index (χ4n) is 1.21. The molecule has 0 saturated carbocycles. The van der Waals surface area contributed by atoms with Crippen LogP contribution in [-0.4, -0.2) is 61.7 Å². The number of aliphatic hydroxyl groups is 2. The van der Waals surface area contributed by atoms with Gasteiger partial charge in [0.1, 0.15) is 0 Å². The highest BCUT2D eigenvalue weighted by Gasteiger charge is 2.16. The highest BCUT2D eigenvalue weighted by molar-refractivity contribution is 4.76. The van der Waals surface area contributed by atoms with E-state index >= 15 is 0 Å². The zero-order chi connectivity index (χ0) is 11.5. The molecule has 0 bridgehead atoms. The highest BCUT2D eigenvalue weighted by Crippen LogP contribution is 1.91. The van der Waals surface area contributed by atoms with Crippen LogP contribution in [-0.2, 0) is 0 Å². The molecule has 6 heteroatoms. The van der Waals surface area contributed by atoms with E-state index in [4.69, 9.17) is 16.6 Å². The number of rotatable bonds is 10. The second-order valence-corrected chi connectivity index (χ2v) is 3.45. The van der Waals surface area contributed by atoms with Gasteiger partial charge in [-0.05, 0) is 19.5 Å². The number of aliphatic hydroxyl groups excluding tert-OH is 2. The van der Waals surface area contributed by atoms with Crippen molar-refractivity contribution in [2.45, 2.75) is 18.6 Å². The molecular weight excluding hydrogens is 196 g/mol. The molecule has 2 atom stereocenters. The van der Waals surface area contributed by atoms with E-state index in [1.807, 2.05) is 0 Å². The Kier molecular flexibility index (Phi) is 10.1. The summed E-state index contributed by atoms with van der Waals surface area (Å²) < 4.78 is 0. The second-order valence-electron chi connectivity index (χ2n) is 3.45. The molecule has 8 N–H and O–H groups in total. The van der Waals surface area contributed by atoms with Crippen LogP contribution in [0.5, 0.6) is 0 Å². The Morgan fingerprint density at radius 3 is 2.40 bits per heavy atom. The Morgan fingerprint density at radius 1 is 1.13 bits per heavy atom. The lowest BCUT2D eigenvalue weighted by Gasteiger charge is -2.22. The topological polar surface area (TPSA) is 117 Å². The van der Waals surface area contributed by atoms with Crippen molar-refractivity contribution in [3.8, 4) is 0 Å². The van der Waals surface area contributed by atoms with Crippen LogP contribution in [0.1, 0.15) is 6.42 Å². The first-order valence-corrected chi connectivity index (χ1v) is 5.39. The van der Waals surface area contributed by atoms with Crippen LogP contribution in [0.2, 0.25) is 0 Å². The van der Waals surface area contributed by atoms with Crippen LogP contribution in [0.15, 0.2) is 0 Å². The third-order valence-electron chi connectivity index (χ3n) is 2.12. The molecular formula is C9H24N4O2. The average Bonchev–Trinajstić information content (AvgIpc) is 2.25. The van der Waals surface area contributed by atoms with Crippen molar-refractivity contribution >= 4 is 0 Å². The molecule has 2 unspecified atom stereocenters. The Balaban J connectivity index is 3.58. The maximum Gasteiger partial charge on any atom is 0.0839 e. The molecule has 15 heavy (non-hydrogen) atoms. The van der Waals surface area contributed by atoms with Crippen LogP contribution >= 0.6 is 0 Å². The van der Waals surface area contributed by atoms with Gasteiger partial charge in [0.05, 0.1) is 18.8 Å². The smallest absolute Gasteiger partial charge is 0.0839 e. The van der Waals surface area contributed by atoms with Crippen LogP contribution < -0.4 is 22.1 Å². The maximum atomic E-state index is 9.68. The van der Waals surface area contributed by atoms with Crippen molar-refractivity contribution in [3.05, 3.63) is 0 Å². The van der Waals surface area contributed by atoms with Gasteiger partial charge in [-0.1, -0.05) is 0 Å². The van der Waals surface area contributed by atoms with Gasteiger partial charge in [-0.15, -0.1) is 0 Å². The average molecular weight is 220 g/mol. The Hall–Kier alpha value is -0.240. The monoisotopic (exact) mass is 220 g/mol. The maximum absolute atomic E-state index is 9.68. The van der Waals surface area contributed by atoms with E-state index in [1.165, 1.54) is 0 Å². The molecule has 0 saturated heterocycles. The number of hydrogen-bond acceptors (Lipinski definition) is 6. The van der Waals surface area contributed by atoms with Gasteiger partial charge in [0, 0.05) is 19.6 Å². The van der Waals surface area contributed by atoms with Gasteiger partial charge in [0.2, 0.25) is 0 Å². The summed E-state index contributed by atoms with van der Waals surface area (Å²) in [5.41, 5.74) is 10.6. The van der Waals surface area contributed by atoms with E-state index in [9.17, 15) is 5.11 Å². The Bertz CT molecular complexity index is 137. The fourth-order valence-corrected chi connectivity index (χ4v) is 1.21. The third kappa shape index (κ3) is 7.66. The first-order chi connectivity index (χ1) is 7.26. The van der Waals surface area contributed by atoms with Crippen LogP contribution in [0, 0.1) is 0 Å². The number of nitrogens with two attached hydrogens (primary N) is 2. The predicted molar refractivity (Wildman–Crippen MR) is 60.5 cm³/mol. The molecule has 0 aromatic heterocycles. The zero-order valence-electron chi connectivity index (χ0n) is 9.15. The predicted octanol–water partition coefficient (Wildman–Crippen LogP) is -2.81. The normalized spacial score (nSPS) is 15.2. The molecule has 0 aliphatic carbocycles. The summed E-state index contributed by atoms with van der Waals surface area (Å²) in [6, 6.07) is -0.320. The van der Waals surface area contributed by atoms with E-state index in [1.54, 1.807) is 0 Å². The molecule has 0 fully saturated rings. The molecule has 0 aliphatic rings. The summed E-state index contributed by atoms with van der Waals surface area (Å²) >= 11 is 0. The van der Waals surface area contributed by atoms with Crippen LogP contribution in [0.3, 0.4) is 0 Å². The first-order valence-electron chi connectivity index (χ1n) is 5.39. The summed E-state index contributed by atoms with van der Waals surface area (Å²) in [7, 11) is 0. The lowest BCUT2D eigenvalue weighted by molar-refractivity contribution is 0.0900. The largest absolute Gasteiger partial charge is 0.395 e. The number of hydrogen-bond donors (Lipinski definition) is 6. The molecule has 0 aromatic carbocycles. The quantitative estimate of drug-likeness (QED) is 0.221. The minimum atomic E-state index is -0.612. The van der Waals surface area contributed by atoms with Crippen LogP contribution in [0.25, 0.3) is 0 Å². The van der Waals surface area contributed by atoms with E-state index in [2.05, 4.69) is 10.6 Å². The van der Waals surface area contributed by atoms with Crippen molar-refractivity contribution in [3.63, 3.8) is 0 Å². The van der Waals surface area contributed by atoms with E-state index in [0.29, 0.717) is 26.2 Å². The van der Waals surface area contributed by atoms with E-state index in [-0.39, 0.29) is 12.6 Å². The van der Waals surface area contributed by atoms with Crippen molar-refractivity contribution in [2.24, 2.45) is 11.5 Å². The number of nitrogens with one attached hydrogen (secondary N) is 2. The minimum Gasteiger partial charge on any atom is -0.395 e. The highest BCUT2D eigenvalue weighted by atomic mass is 16.3.